The van der Waals surface area contributed by atoms with Crippen LogP contribution in [0, 0.1) is 0 Å². The highest BCUT2D eigenvalue weighted by Gasteiger charge is 2.07. The molecule has 2 rings (SSSR count). The Labute approximate surface area is 115 Å². The van der Waals surface area contributed by atoms with Crippen molar-refractivity contribution in [3.05, 3.63) is 47.9 Å². The zero-order chi connectivity index (χ0) is 14.4. The Morgan fingerprint density at radius 1 is 1.20 bits per heavy atom. The second kappa shape index (κ2) is 6.48. The van der Waals surface area contributed by atoms with E-state index in [1.165, 1.54) is 12.4 Å². The van der Waals surface area contributed by atoms with E-state index in [9.17, 15) is 4.79 Å². The number of nitrogens with zero attached hydrogens (tertiary/aromatic N) is 2. The summed E-state index contributed by atoms with van der Waals surface area (Å²) < 4.78 is 0. The van der Waals surface area contributed by atoms with Gasteiger partial charge in [-0.2, -0.15) is 0 Å². The first-order valence-corrected chi connectivity index (χ1v) is 6.04. The lowest BCUT2D eigenvalue weighted by Gasteiger charge is -2.05. The molecule has 0 aliphatic heterocycles. The molecular weight excluding hydrogens is 258 g/mol. The molecule has 0 aliphatic rings. The molecule has 0 bridgehead atoms. The second-order valence-corrected chi connectivity index (χ2v) is 4.10. The van der Waals surface area contributed by atoms with Crippen LogP contribution in [0.2, 0.25) is 0 Å². The van der Waals surface area contributed by atoms with Crippen LogP contribution in [-0.2, 0) is 6.42 Å². The van der Waals surface area contributed by atoms with Gasteiger partial charge in [0.1, 0.15) is 11.4 Å². The Kier molecular flexibility index (Phi) is 4.46. The number of phenolic OH excluding ortho intramolecular Hbond substituents is 1. The average molecular weight is 273 g/mol. The minimum atomic E-state index is -0.292. The molecule has 7 nitrogen and oxygen atoms in total. The third-order valence-corrected chi connectivity index (χ3v) is 2.67. The van der Waals surface area contributed by atoms with E-state index in [-0.39, 0.29) is 17.4 Å². The zero-order valence-electron chi connectivity index (χ0n) is 10.7. The van der Waals surface area contributed by atoms with E-state index < -0.39 is 0 Å². The Morgan fingerprint density at radius 3 is 2.55 bits per heavy atom. The molecule has 0 unspecified atom stereocenters. The van der Waals surface area contributed by atoms with Gasteiger partial charge in [-0.15, -0.1) is 0 Å². The maximum Gasteiger partial charge on any atom is 0.271 e. The number of hydrogen-bond acceptors (Lipinski definition) is 6. The molecule has 0 fully saturated rings. The fourth-order valence-corrected chi connectivity index (χ4v) is 1.59. The predicted molar refractivity (Wildman–Crippen MR) is 74.0 cm³/mol. The quantitative estimate of drug-likeness (QED) is 0.464. The number of nitrogen functional groups attached to an aromatic ring is 1. The van der Waals surface area contributed by atoms with Crippen LogP contribution in [0.25, 0.3) is 0 Å². The maximum atomic E-state index is 11.8. The van der Waals surface area contributed by atoms with Gasteiger partial charge in [0, 0.05) is 6.54 Å². The number of carbonyl (C=O) groups is 1. The van der Waals surface area contributed by atoms with Gasteiger partial charge in [0.05, 0.1) is 12.4 Å². The molecule has 2 aromatic rings. The molecule has 5 N–H and O–H groups in total. The van der Waals surface area contributed by atoms with Crippen LogP contribution in [0.15, 0.2) is 36.7 Å². The van der Waals surface area contributed by atoms with Crippen molar-refractivity contribution >= 4 is 11.7 Å². The number of phenols is 1. The lowest BCUT2D eigenvalue weighted by molar-refractivity contribution is 0.0949. The maximum absolute atomic E-state index is 11.8. The van der Waals surface area contributed by atoms with Crippen molar-refractivity contribution in [2.24, 2.45) is 5.84 Å². The first-order valence-electron chi connectivity index (χ1n) is 6.04. The van der Waals surface area contributed by atoms with Crippen LogP contribution in [0.1, 0.15) is 16.1 Å². The summed E-state index contributed by atoms with van der Waals surface area (Å²) in [7, 11) is 0. The SMILES string of the molecule is NNc1cnc(C(=O)NCCc2ccc(O)cc2)cn1. The molecule has 0 radical (unpaired) electrons. The number of hydrogen-bond donors (Lipinski definition) is 4. The highest BCUT2D eigenvalue weighted by molar-refractivity contribution is 5.91. The molecule has 1 aromatic heterocycles. The van der Waals surface area contributed by atoms with E-state index in [1.807, 2.05) is 12.1 Å². The highest BCUT2D eigenvalue weighted by Crippen LogP contribution is 2.09. The summed E-state index contributed by atoms with van der Waals surface area (Å²) in [5.74, 6) is 5.49. The predicted octanol–water partition coefficient (Wildman–Crippen LogP) is 0.440. The summed E-state index contributed by atoms with van der Waals surface area (Å²) in [5.41, 5.74) is 3.59. The van der Waals surface area contributed by atoms with Gasteiger partial charge in [-0.25, -0.2) is 15.8 Å². The minimum Gasteiger partial charge on any atom is -0.508 e. The standard InChI is InChI=1S/C13H15N5O2/c14-18-12-8-16-11(7-17-12)13(20)15-6-5-9-1-3-10(19)4-2-9/h1-4,7-8,19H,5-6,14H2,(H,15,20)(H,17,18). The van der Waals surface area contributed by atoms with E-state index in [0.717, 1.165) is 5.56 Å². The number of amides is 1. The largest absolute Gasteiger partial charge is 0.508 e. The first-order chi connectivity index (χ1) is 9.69. The average Bonchev–Trinajstić information content (AvgIpc) is 2.49. The number of carbonyl (C=O) groups excluding carboxylic acids is 1. The molecular formula is C13H15N5O2. The van der Waals surface area contributed by atoms with Crippen LogP contribution >= 0.6 is 0 Å². The molecule has 0 saturated heterocycles. The molecule has 1 aromatic carbocycles. The highest BCUT2D eigenvalue weighted by atomic mass is 16.3. The van der Waals surface area contributed by atoms with Crippen LogP contribution in [0.5, 0.6) is 5.75 Å². The van der Waals surface area contributed by atoms with Crippen LogP contribution in [0.4, 0.5) is 5.82 Å². The summed E-state index contributed by atoms with van der Waals surface area (Å²) in [4.78, 5) is 19.6. The van der Waals surface area contributed by atoms with Gasteiger partial charge in [-0.3, -0.25) is 4.79 Å². The monoisotopic (exact) mass is 273 g/mol. The van der Waals surface area contributed by atoms with Crippen molar-refractivity contribution < 1.29 is 9.90 Å². The topological polar surface area (TPSA) is 113 Å². The van der Waals surface area contributed by atoms with Crippen LogP contribution in [0.3, 0.4) is 0 Å². The molecule has 0 saturated carbocycles. The third kappa shape index (κ3) is 3.66. The number of benzene rings is 1. The lowest BCUT2D eigenvalue weighted by atomic mass is 10.1. The Morgan fingerprint density at radius 2 is 1.95 bits per heavy atom. The summed E-state index contributed by atoms with van der Waals surface area (Å²) in [6.45, 7) is 0.474. The number of aromatic nitrogens is 2. The van der Waals surface area contributed by atoms with Gasteiger partial charge in [-0.1, -0.05) is 12.1 Å². The van der Waals surface area contributed by atoms with Crippen molar-refractivity contribution in [1.82, 2.24) is 15.3 Å². The summed E-state index contributed by atoms with van der Waals surface area (Å²) >= 11 is 0. The molecule has 0 atom stereocenters. The number of hydrazine groups is 1. The molecule has 1 amide bonds. The zero-order valence-corrected chi connectivity index (χ0v) is 10.7. The minimum absolute atomic E-state index is 0.224. The number of nitrogens with two attached hydrogens (primary N) is 1. The fourth-order valence-electron chi connectivity index (χ4n) is 1.59. The lowest BCUT2D eigenvalue weighted by Crippen LogP contribution is -2.26. The van der Waals surface area contributed by atoms with Gasteiger partial charge in [0.25, 0.3) is 5.91 Å². The first kappa shape index (κ1) is 13.8. The molecule has 1 heterocycles. The molecule has 0 spiro atoms. The van der Waals surface area contributed by atoms with Crippen molar-refractivity contribution in [1.29, 1.82) is 0 Å². The molecule has 7 heteroatoms. The van der Waals surface area contributed by atoms with Crippen molar-refractivity contribution in [3.8, 4) is 5.75 Å². The smallest absolute Gasteiger partial charge is 0.271 e. The normalized spacial score (nSPS) is 10.1. The van der Waals surface area contributed by atoms with E-state index in [0.29, 0.717) is 18.8 Å². The summed E-state index contributed by atoms with van der Waals surface area (Å²) in [6, 6.07) is 6.84. The van der Waals surface area contributed by atoms with Crippen molar-refractivity contribution in [2.75, 3.05) is 12.0 Å². The van der Waals surface area contributed by atoms with Gasteiger partial charge in [-0.05, 0) is 24.1 Å². The Balaban J connectivity index is 1.83. The van der Waals surface area contributed by atoms with Crippen LogP contribution < -0.4 is 16.6 Å². The fraction of sp³-hybridized carbons (Fsp3) is 0.154. The van der Waals surface area contributed by atoms with E-state index >= 15 is 0 Å². The second-order valence-electron chi connectivity index (χ2n) is 4.10. The van der Waals surface area contributed by atoms with Crippen molar-refractivity contribution in [3.63, 3.8) is 0 Å². The van der Waals surface area contributed by atoms with E-state index in [4.69, 9.17) is 10.9 Å². The molecule has 20 heavy (non-hydrogen) atoms. The van der Waals surface area contributed by atoms with Gasteiger partial charge < -0.3 is 15.8 Å². The number of anilines is 1. The van der Waals surface area contributed by atoms with Crippen molar-refractivity contribution in [2.45, 2.75) is 6.42 Å². The van der Waals surface area contributed by atoms with E-state index in [1.54, 1.807) is 12.1 Å². The number of rotatable bonds is 5. The number of nitrogens with one attached hydrogen (secondary N) is 2. The summed E-state index contributed by atoms with van der Waals surface area (Å²) in [5, 5.41) is 11.9. The van der Waals surface area contributed by atoms with Crippen LogP contribution in [-0.4, -0.2) is 27.5 Å². The number of aromatic hydroxyl groups is 1. The molecule has 0 aliphatic carbocycles. The van der Waals surface area contributed by atoms with Gasteiger partial charge in [0.2, 0.25) is 0 Å². The Hall–Kier alpha value is -2.67. The molecule has 104 valence electrons. The van der Waals surface area contributed by atoms with Gasteiger partial charge in [0.15, 0.2) is 5.82 Å². The summed E-state index contributed by atoms with van der Waals surface area (Å²) in [6.07, 6.45) is 3.40. The third-order valence-electron chi connectivity index (χ3n) is 2.67. The Bertz CT molecular complexity index is 568. The van der Waals surface area contributed by atoms with Gasteiger partial charge >= 0.3 is 0 Å². The van der Waals surface area contributed by atoms with E-state index in [2.05, 4.69) is 20.7 Å².